The number of hydrogen-bond acceptors (Lipinski definition) is 3. The van der Waals surface area contributed by atoms with Crippen molar-refractivity contribution in [1.29, 1.82) is 0 Å². The lowest BCUT2D eigenvalue weighted by atomic mass is 10.1. The van der Waals surface area contributed by atoms with E-state index < -0.39 is 5.97 Å². The van der Waals surface area contributed by atoms with E-state index in [2.05, 4.69) is 27.3 Å². The van der Waals surface area contributed by atoms with Crippen molar-refractivity contribution in [1.82, 2.24) is 0 Å². The van der Waals surface area contributed by atoms with Gasteiger partial charge >= 0.3 is 5.97 Å². The standard InChI is InChI=1S/C9H9ClINO2/c1-4-7(9(13)14-2)5(10)3-6(12)8(4)11/h3H,12H2,1-2H3. The molecule has 0 saturated heterocycles. The highest BCUT2D eigenvalue weighted by atomic mass is 127. The SMILES string of the molecule is COC(=O)c1c(Cl)cc(N)c(I)c1C. The van der Waals surface area contributed by atoms with E-state index in [0.717, 1.165) is 9.13 Å². The lowest BCUT2D eigenvalue weighted by molar-refractivity contribution is 0.0600. The van der Waals surface area contributed by atoms with Gasteiger partial charge in [-0.15, -0.1) is 0 Å². The van der Waals surface area contributed by atoms with Gasteiger partial charge in [0.05, 0.1) is 17.7 Å². The minimum Gasteiger partial charge on any atom is -0.465 e. The van der Waals surface area contributed by atoms with Crippen LogP contribution in [0.25, 0.3) is 0 Å². The van der Waals surface area contributed by atoms with Gasteiger partial charge in [0.2, 0.25) is 0 Å². The molecule has 1 rings (SSSR count). The Bertz CT molecular complexity index is 393. The Morgan fingerprint density at radius 1 is 1.64 bits per heavy atom. The number of esters is 1. The van der Waals surface area contributed by atoms with Crippen molar-refractivity contribution in [2.24, 2.45) is 0 Å². The Morgan fingerprint density at radius 3 is 2.71 bits per heavy atom. The number of halogens is 2. The van der Waals surface area contributed by atoms with Gasteiger partial charge in [-0.1, -0.05) is 11.6 Å². The number of carbonyl (C=O) groups excluding carboxylic acids is 1. The first kappa shape index (κ1) is 11.6. The van der Waals surface area contributed by atoms with E-state index in [4.69, 9.17) is 17.3 Å². The highest BCUT2D eigenvalue weighted by molar-refractivity contribution is 14.1. The summed E-state index contributed by atoms with van der Waals surface area (Å²) in [6.07, 6.45) is 0. The molecule has 5 heteroatoms. The van der Waals surface area contributed by atoms with E-state index in [9.17, 15) is 4.79 Å². The van der Waals surface area contributed by atoms with Gasteiger partial charge in [0.25, 0.3) is 0 Å². The highest BCUT2D eigenvalue weighted by Crippen LogP contribution is 2.29. The van der Waals surface area contributed by atoms with Crippen LogP contribution < -0.4 is 5.73 Å². The molecule has 0 saturated carbocycles. The zero-order chi connectivity index (χ0) is 10.9. The summed E-state index contributed by atoms with van der Waals surface area (Å²) in [5, 5.41) is 0.326. The molecular weight excluding hydrogens is 316 g/mol. The van der Waals surface area contributed by atoms with Gasteiger partial charge in [-0.2, -0.15) is 0 Å². The number of ether oxygens (including phenoxy) is 1. The van der Waals surface area contributed by atoms with Crippen molar-refractivity contribution in [3.8, 4) is 0 Å². The molecule has 0 atom stereocenters. The summed E-state index contributed by atoms with van der Waals surface area (Å²) >= 11 is 7.97. The van der Waals surface area contributed by atoms with E-state index in [0.29, 0.717) is 16.3 Å². The van der Waals surface area contributed by atoms with Crippen LogP contribution in [0.5, 0.6) is 0 Å². The Balaban J connectivity index is 3.44. The van der Waals surface area contributed by atoms with Gasteiger partial charge in [-0.25, -0.2) is 4.79 Å². The summed E-state index contributed by atoms with van der Waals surface area (Å²) in [5.41, 5.74) is 7.39. The topological polar surface area (TPSA) is 52.3 Å². The zero-order valence-electron chi connectivity index (χ0n) is 7.73. The molecule has 0 bridgehead atoms. The first-order valence-electron chi connectivity index (χ1n) is 3.81. The van der Waals surface area contributed by atoms with Gasteiger partial charge in [0.1, 0.15) is 0 Å². The van der Waals surface area contributed by atoms with Gasteiger partial charge in [0.15, 0.2) is 0 Å². The molecule has 0 aliphatic rings. The second-order valence-corrected chi connectivity index (χ2v) is 4.24. The van der Waals surface area contributed by atoms with E-state index >= 15 is 0 Å². The van der Waals surface area contributed by atoms with Crippen molar-refractivity contribution in [2.45, 2.75) is 6.92 Å². The van der Waals surface area contributed by atoms with Crippen LogP contribution in [0, 0.1) is 10.5 Å². The number of benzene rings is 1. The third kappa shape index (κ3) is 1.95. The summed E-state index contributed by atoms with van der Waals surface area (Å²) < 4.78 is 5.45. The molecule has 2 N–H and O–H groups in total. The fourth-order valence-electron chi connectivity index (χ4n) is 1.13. The van der Waals surface area contributed by atoms with Crippen LogP contribution >= 0.6 is 34.2 Å². The largest absolute Gasteiger partial charge is 0.465 e. The molecule has 14 heavy (non-hydrogen) atoms. The van der Waals surface area contributed by atoms with Crippen LogP contribution in [0.4, 0.5) is 5.69 Å². The number of methoxy groups -OCH3 is 1. The predicted octanol–water partition coefficient (Wildman–Crippen LogP) is 2.62. The molecule has 0 amide bonds. The number of carbonyl (C=O) groups is 1. The van der Waals surface area contributed by atoms with Crippen LogP contribution in [0.3, 0.4) is 0 Å². The molecule has 3 nitrogen and oxygen atoms in total. The monoisotopic (exact) mass is 325 g/mol. The molecule has 0 spiro atoms. The molecule has 76 valence electrons. The van der Waals surface area contributed by atoms with Gasteiger partial charge in [-0.3, -0.25) is 0 Å². The zero-order valence-corrected chi connectivity index (χ0v) is 10.6. The van der Waals surface area contributed by atoms with Crippen molar-refractivity contribution in [2.75, 3.05) is 12.8 Å². The smallest absolute Gasteiger partial charge is 0.339 e. The molecule has 1 aromatic rings. The summed E-state index contributed by atoms with van der Waals surface area (Å²) in [4.78, 5) is 11.4. The maximum absolute atomic E-state index is 11.4. The molecular formula is C9H9ClINO2. The molecule has 1 aromatic carbocycles. The third-order valence-electron chi connectivity index (χ3n) is 1.87. The maximum atomic E-state index is 11.4. The summed E-state index contributed by atoms with van der Waals surface area (Å²) in [7, 11) is 1.32. The fraction of sp³-hybridized carbons (Fsp3) is 0.222. The van der Waals surface area contributed by atoms with E-state index in [1.165, 1.54) is 7.11 Å². The molecule has 0 aliphatic heterocycles. The molecule has 0 aliphatic carbocycles. The lowest BCUT2D eigenvalue weighted by Gasteiger charge is -2.10. The number of nitrogen functional groups attached to an aromatic ring is 1. The van der Waals surface area contributed by atoms with Crippen LogP contribution in [-0.4, -0.2) is 13.1 Å². The molecule has 0 fully saturated rings. The minimum absolute atomic E-state index is 0.326. The summed E-state index contributed by atoms with van der Waals surface area (Å²) in [6, 6.07) is 1.56. The van der Waals surface area contributed by atoms with Crippen LogP contribution in [0.15, 0.2) is 6.07 Å². The van der Waals surface area contributed by atoms with Crippen molar-refractivity contribution in [3.63, 3.8) is 0 Å². The lowest BCUT2D eigenvalue weighted by Crippen LogP contribution is -2.07. The molecule has 0 heterocycles. The van der Waals surface area contributed by atoms with Crippen LogP contribution in [-0.2, 0) is 4.74 Å². The number of anilines is 1. The summed E-state index contributed by atoms with van der Waals surface area (Å²) in [6.45, 7) is 1.79. The third-order valence-corrected chi connectivity index (χ3v) is 3.60. The van der Waals surface area contributed by atoms with Gasteiger partial charge in [-0.05, 0) is 41.1 Å². The number of rotatable bonds is 1. The predicted molar refractivity (Wildman–Crippen MR) is 64.7 cm³/mol. The first-order valence-corrected chi connectivity index (χ1v) is 5.27. The normalized spacial score (nSPS) is 10.0. The maximum Gasteiger partial charge on any atom is 0.339 e. The Labute approximate surface area is 101 Å². The van der Waals surface area contributed by atoms with E-state index in [-0.39, 0.29) is 0 Å². The molecule has 0 unspecified atom stereocenters. The summed E-state index contributed by atoms with van der Waals surface area (Å²) in [5.74, 6) is -0.439. The van der Waals surface area contributed by atoms with Crippen LogP contribution in [0.1, 0.15) is 15.9 Å². The van der Waals surface area contributed by atoms with Crippen molar-refractivity contribution >= 4 is 45.8 Å². The van der Waals surface area contributed by atoms with Crippen LogP contribution in [0.2, 0.25) is 5.02 Å². The van der Waals surface area contributed by atoms with Gasteiger partial charge < -0.3 is 10.5 Å². The molecule has 0 radical (unpaired) electrons. The average Bonchev–Trinajstić information content (AvgIpc) is 2.14. The Morgan fingerprint density at radius 2 is 2.21 bits per heavy atom. The second kappa shape index (κ2) is 4.35. The van der Waals surface area contributed by atoms with Crippen molar-refractivity contribution in [3.05, 3.63) is 25.8 Å². The molecule has 0 aromatic heterocycles. The van der Waals surface area contributed by atoms with Crippen molar-refractivity contribution < 1.29 is 9.53 Å². The van der Waals surface area contributed by atoms with E-state index in [1.54, 1.807) is 13.0 Å². The van der Waals surface area contributed by atoms with Gasteiger partial charge in [0, 0.05) is 9.26 Å². The van der Waals surface area contributed by atoms with E-state index in [1.807, 2.05) is 0 Å². The quantitative estimate of drug-likeness (QED) is 0.490. The fourth-order valence-corrected chi connectivity index (χ4v) is 1.89. The Hall–Kier alpha value is -0.490. The number of nitrogens with two attached hydrogens (primary N) is 1. The number of hydrogen-bond donors (Lipinski definition) is 1. The first-order chi connectivity index (χ1) is 6.49. The highest BCUT2D eigenvalue weighted by Gasteiger charge is 2.17. The average molecular weight is 326 g/mol. The Kier molecular flexibility index (Phi) is 3.60. The minimum atomic E-state index is -0.439. The second-order valence-electron chi connectivity index (χ2n) is 2.75.